The van der Waals surface area contributed by atoms with E-state index >= 15 is 0 Å². The molecule has 2 aromatic rings. The number of benzene rings is 1. The summed E-state index contributed by atoms with van der Waals surface area (Å²) in [5.41, 5.74) is 1.64. The lowest BCUT2D eigenvalue weighted by atomic mass is 9.88. The van der Waals surface area contributed by atoms with Crippen LogP contribution in [0.25, 0.3) is 0 Å². The third-order valence-electron chi connectivity index (χ3n) is 4.25. The third kappa shape index (κ3) is 3.20. The van der Waals surface area contributed by atoms with Crippen molar-refractivity contribution in [2.24, 2.45) is 5.92 Å². The Bertz CT molecular complexity index is 598. The van der Waals surface area contributed by atoms with E-state index in [2.05, 4.69) is 17.1 Å². The van der Waals surface area contributed by atoms with Crippen molar-refractivity contribution in [2.75, 3.05) is 20.2 Å². The van der Waals surface area contributed by atoms with E-state index in [1.54, 1.807) is 7.11 Å². The van der Waals surface area contributed by atoms with Gasteiger partial charge in [0, 0.05) is 26.1 Å². The molecule has 2 heterocycles. The summed E-state index contributed by atoms with van der Waals surface area (Å²) in [6.07, 6.45) is 4.62. The molecule has 5 heteroatoms. The monoisotopic (exact) mass is 300 g/mol. The Morgan fingerprint density at radius 3 is 2.91 bits per heavy atom. The molecule has 0 radical (unpaired) electrons. The first kappa shape index (κ1) is 14.8. The fourth-order valence-corrected chi connectivity index (χ4v) is 3.10. The molecule has 0 N–H and O–H groups in total. The standard InChI is InChI=1S/C17H20N2O3/c1-21-16-7-8-19(17(20)15-11-22-12-18-15)10-14(16)9-13-5-3-2-4-6-13/h2-6,11-12,14,16H,7-10H2,1H3/t14-,16-/m1/s1. The number of oxazole rings is 1. The Kier molecular flexibility index (Phi) is 4.53. The van der Waals surface area contributed by atoms with Crippen LogP contribution in [0.5, 0.6) is 0 Å². The van der Waals surface area contributed by atoms with E-state index in [0.29, 0.717) is 18.8 Å². The molecule has 0 unspecified atom stereocenters. The van der Waals surface area contributed by atoms with Crippen LogP contribution in [-0.2, 0) is 11.2 Å². The molecule has 2 atom stereocenters. The van der Waals surface area contributed by atoms with Crippen LogP contribution in [0.15, 0.2) is 47.4 Å². The highest BCUT2D eigenvalue weighted by atomic mass is 16.5. The summed E-state index contributed by atoms with van der Waals surface area (Å²) >= 11 is 0. The van der Waals surface area contributed by atoms with Gasteiger partial charge in [-0.2, -0.15) is 0 Å². The van der Waals surface area contributed by atoms with Gasteiger partial charge in [-0.25, -0.2) is 4.98 Å². The summed E-state index contributed by atoms with van der Waals surface area (Å²) in [6.45, 7) is 1.37. The van der Waals surface area contributed by atoms with Crippen LogP contribution < -0.4 is 0 Å². The van der Waals surface area contributed by atoms with E-state index in [1.807, 2.05) is 23.1 Å². The van der Waals surface area contributed by atoms with E-state index in [9.17, 15) is 4.79 Å². The van der Waals surface area contributed by atoms with Crippen LogP contribution >= 0.6 is 0 Å². The molecule has 22 heavy (non-hydrogen) atoms. The molecule has 1 aromatic heterocycles. The van der Waals surface area contributed by atoms with Crippen LogP contribution in [0.4, 0.5) is 0 Å². The molecule has 116 valence electrons. The zero-order valence-corrected chi connectivity index (χ0v) is 12.6. The summed E-state index contributed by atoms with van der Waals surface area (Å²) in [5, 5.41) is 0. The Hall–Kier alpha value is -2.14. The van der Waals surface area contributed by atoms with Crippen molar-refractivity contribution in [3.05, 3.63) is 54.2 Å². The molecule has 5 nitrogen and oxygen atoms in total. The molecule has 1 amide bonds. The summed E-state index contributed by atoms with van der Waals surface area (Å²) in [4.78, 5) is 18.2. The van der Waals surface area contributed by atoms with Gasteiger partial charge in [-0.1, -0.05) is 30.3 Å². The van der Waals surface area contributed by atoms with Crippen LogP contribution in [0.2, 0.25) is 0 Å². The summed E-state index contributed by atoms with van der Waals surface area (Å²) < 4.78 is 10.5. The normalized spacial score (nSPS) is 21.8. The minimum Gasteiger partial charge on any atom is -0.451 e. The number of likely N-dealkylation sites (tertiary alicyclic amines) is 1. The molecular formula is C17H20N2O3. The number of rotatable bonds is 4. The lowest BCUT2D eigenvalue weighted by molar-refractivity contribution is -0.00317. The van der Waals surface area contributed by atoms with Gasteiger partial charge in [0.25, 0.3) is 5.91 Å². The van der Waals surface area contributed by atoms with Gasteiger partial charge in [0.05, 0.1) is 6.10 Å². The molecule has 1 saturated heterocycles. The van der Waals surface area contributed by atoms with E-state index in [-0.39, 0.29) is 17.9 Å². The predicted molar refractivity (Wildman–Crippen MR) is 81.5 cm³/mol. The van der Waals surface area contributed by atoms with Gasteiger partial charge < -0.3 is 14.1 Å². The maximum absolute atomic E-state index is 12.4. The van der Waals surface area contributed by atoms with Crippen LogP contribution in [-0.4, -0.2) is 42.1 Å². The Balaban J connectivity index is 1.71. The molecule has 0 bridgehead atoms. The fraction of sp³-hybridized carbons (Fsp3) is 0.412. The summed E-state index contributed by atoms with van der Waals surface area (Å²) in [5.74, 6) is 0.221. The zero-order chi connectivity index (χ0) is 15.4. The smallest absolute Gasteiger partial charge is 0.275 e. The number of aromatic nitrogens is 1. The van der Waals surface area contributed by atoms with E-state index in [4.69, 9.17) is 9.15 Å². The topological polar surface area (TPSA) is 55.6 Å². The number of carbonyl (C=O) groups excluding carboxylic acids is 1. The second-order valence-corrected chi connectivity index (χ2v) is 5.64. The Morgan fingerprint density at radius 2 is 2.23 bits per heavy atom. The molecule has 3 rings (SSSR count). The third-order valence-corrected chi connectivity index (χ3v) is 4.25. The van der Waals surface area contributed by atoms with Crippen molar-refractivity contribution in [1.82, 2.24) is 9.88 Å². The molecule has 0 spiro atoms. The summed E-state index contributed by atoms with van der Waals surface area (Å²) in [7, 11) is 1.75. The molecule has 1 aromatic carbocycles. The van der Waals surface area contributed by atoms with Crippen molar-refractivity contribution in [1.29, 1.82) is 0 Å². The highest BCUT2D eigenvalue weighted by molar-refractivity contribution is 5.91. The Morgan fingerprint density at radius 1 is 1.41 bits per heavy atom. The van der Waals surface area contributed by atoms with Gasteiger partial charge >= 0.3 is 0 Å². The summed E-state index contributed by atoms with van der Waals surface area (Å²) in [6, 6.07) is 10.3. The SMILES string of the molecule is CO[C@@H]1CCN(C(=O)c2cocn2)C[C@H]1Cc1ccccc1. The highest BCUT2D eigenvalue weighted by Crippen LogP contribution is 2.24. The van der Waals surface area contributed by atoms with Gasteiger partial charge in [0.2, 0.25) is 0 Å². The molecule has 1 fully saturated rings. The fourth-order valence-electron chi connectivity index (χ4n) is 3.10. The number of piperidine rings is 1. The highest BCUT2D eigenvalue weighted by Gasteiger charge is 2.32. The predicted octanol–water partition coefficient (Wildman–Crippen LogP) is 2.39. The lowest BCUT2D eigenvalue weighted by Crippen LogP contribution is -2.47. The number of hydrogen-bond acceptors (Lipinski definition) is 4. The quantitative estimate of drug-likeness (QED) is 0.870. The molecule has 0 saturated carbocycles. The minimum atomic E-state index is -0.0682. The van der Waals surface area contributed by atoms with Crippen LogP contribution in [0.3, 0.4) is 0 Å². The van der Waals surface area contributed by atoms with Gasteiger partial charge in [-0.3, -0.25) is 4.79 Å². The van der Waals surface area contributed by atoms with Crippen molar-refractivity contribution in [3.8, 4) is 0 Å². The number of carbonyl (C=O) groups is 1. The average molecular weight is 300 g/mol. The van der Waals surface area contributed by atoms with Gasteiger partial charge in [-0.15, -0.1) is 0 Å². The first-order valence-corrected chi connectivity index (χ1v) is 7.52. The number of amides is 1. The minimum absolute atomic E-state index is 0.0682. The number of nitrogens with zero attached hydrogens (tertiary/aromatic N) is 2. The lowest BCUT2D eigenvalue weighted by Gasteiger charge is -2.37. The molecule has 1 aliphatic rings. The van der Waals surface area contributed by atoms with Crippen molar-refractivity contribution >= 4 is 5.91 Å². The zero-order valence-electron chi connectivity index (χ0n) is 12.6. The maximum Gasteiger partial charge on any atom is 0.275 e. The van der Waals surface area contributed by atoms with Crippen molar-refractivity contribution < 1.29 is 13.9 Å². The molecular weight excluding hydrogens is 280 g/mol. The van der Waals surface area contributed by atoms with Gasteiger partial charge in [-0.05, 0) is 18.4 Å². The van der Waals surface area contributed by atoms with Crippen molar-refractivity contribution in [3.63, 3.8) is 0 Å². The first-order chi connectivity index (χ1) is 10.8. The number of hydrogen-bond donors (Lipinski definition) is 0. The largest absolute Gasteiger partial charge is 0.451 e. The van der Waals surface area contributed by atoms with Crippen LogP contribution in [0, 0.1) is 5.92 Å². The first-order valence-electron chi connectivity index (χ1n) is 7.52. The van der Waals surface area contributed by atoms with E-state index in [0.717, 1.165) is 12.8 Å². The average Bonchev–Trinajstić information content (AvgIpc) is 3.09. The van der Waals surface area contributed by atoms with E-state index < -0.39 is 0 Å². The molecule has 1 aliphatic heterocycles. The Labute approximate surface area is 129 Å². The van der Waals surface area contributed by atoms with E-state index in [1.165, 1.54) is 18.2 Å². The second kappa shape index (κ2) is 6.75. The molecule has 0 aliphatic carbocycles. The maximum atomic E-state index is 12.4. The van der Waals surface area contributed by atoms with Crippen LogP contribution in [0.1, 0.15) is 22.5 Å². The number of methoxy groups -OCH3 is 1. The van der Waals surface area contributed by atoms with Gasteiger partial charge in [0.15, 0.2) is 12.1 Å². The second-order valence-electron chi connectivity index (χ2n) is 5.64. The number of ether oxygens (including phenoxy) is 1. The van der Waals surface area contributed by atoms with Gasteiger partial charge in [0.1, 0.15) is 6.26 Å². The van der Waals surface area contributed by atoms with Crippen molar-refractivity contribution in [2.45, 2.75) is 18.9 Å².